The normalized spacial score (nSPS) is 12.7. The van der Waals surface area contributed by atoms with Gasteiger partial charge in [0.1, 0.15) is 16.9 Å². The highest BCUT2D eigenvalue weighted by atomic mass is 19.3. The third-order valence-corrected chi connectivity index (χ3v) is 4.41. The monoisotopic (exact) mass is 370 g/mol. The Kier molecular flexibility index (Phi) is 4.27. The van der Waals surface area contributed by atoms with E-state index in [0.29, 0.717) is 27.6 Å². The fraction of sp³-hybridized carbons (Fsp3) is 0.222. The van der Waals surface area contributed by atoms with E-state index in [1.54, 1.807) is 49.4 Å². The number of benzene rings is 2. The summed E-state index contributed by atoms with van der Waals surface area (Å²) in [4.78, 5) is 16.7. The molecule has 138 valence electrons. The summed E-state index contributed by atoms with van der Waals surface area (Å²) in [6.07, 6.45) is 0. The molecule has 2 aromatic heterocycles. The quantitative estimate of drug-likeness (QED) is 0.564. The summed E-state index contributed by atoms with van der Waals surface area (Å²) in [6, 6.07) is 11.7. The number of carbonyl (C=O) groups is 1. The first-order valence-corrected chi connectivity index (χ1v) is 8.38. The number of para-hydroxylation sites is 2. The van der Waals surface area contributed by atoms with Crippen molar-refractivity contribution >= 4 is 28.0 Å². The molecule has 0 aliphatic rings. The predicted molar refractivity (Wildman–Crippen MR) is 95.6 cm³/mol. The molecule has 7 nitrogen and oxygen atoms in total. The fourth-order valence-electron chi connectivity index (χ4n) is 3.04. The molecule has 2 aromatic carbocycles. The van der Waals surface area contributed by atoms with Gasteiger partial charge in [-0.1, -0.05) is 19.1 Å². The van der Waals surface area contributed by atoms with E-state index in [-0.39, 0.29) is 18.3 Å². The summed E-state index contributed by atoms with van der Waals surface area (Å²) in [5.41, 5.74) is 2.53. The number of rotatable bonds is 5. The van der Waals surface area contributed by atoms with E-state index < -0.39 is 12.5 Å². The molecule has 2 heterocycles. The SMILES string of the molecule is C[C@H](CNC(=O)c1ccc2n[nH]nc2c1)c1nc2ccccc2n1C(F)F. The van der Waals surface area contributed by atoms with Crippen molar-refractivity contribution in [2.24, 2.45) is 0 Å². The summed E-state index contributed by atoms with van der Waals surface area (Å²) in [6.45, 7) is -0.785. The van der Waals surface area contributed by atoms with Gasteiger partial charge in [0.05, 0.1) is 11.0 Å². The molecule has 0 bridgehead atoms. The summed E-state index contributed by atoms with van der Waals surface area (Å²) < 4.78 is 28.0. The van der Waals surface area contributed by atoms with Gasteiger partial charge in [-0.3, -0.25) is 9.36 Å². The number of halogens is 2. The smallest absolute Gasteiger partial charge is 0.320 e. The maximum atomic E-state index is 13.6. The number of fused-ring (bicyclic) bond motifs is 2. The van der Waals surface area contributed by atoms with Crippen molar-refractivity contribution in [3.8, 4) is 0 Å². The van der Waals surface area contributed by atoms with Gasteiger partial charge in [-0.2, -0.15) is 24.2 Å². The van der Waals surface area contributed by atoms with Gasteiger partial charge < -0.3 is 5.32 Å². The maximum Gasteiger partial charge on any atom is 0.320 e. The molecule has 0 radical (unpaired) electrons. The minimum Gasteiger partial charge on any atom is -0.351 e. The van der Waals surface area contributed by atoms with Crippen molar-refractivity contribution < 1.29 is 13.6 Å². The Balaban J connectivity index is 1.53. The number of amides is 1. The van der Waals surface area contributed by atoms with Gasteiger partial charge in [-0.05, 0) is 30.3 Å². The van der Waals surface area contributed by atoms with Crippen LogP contribution in [0.25, 0.3) is 22.1 Å². The van der Waals surface area contributed by atoms with Crippen LogP contribution >= 0.6 is 0 Å². The summed E-state index contributed by atoms with van der Waals surface area (Å²) in [7, 11) is 0. The van der Waals surface area contributed by atoms with Crippen molar-refractivity contribution in [1.82, 2.24) is 30.3 Å². The van der Waals surface area contributed by atoms with Gasteiger partial charge >= 0.3 is 6.55 Å². The zero-order chi connectivity index (χ0) is 19.0. The molecular formula is C18H16F2N6O. The lowest BCUT2D eigenvalue weighted by molar-refractivity contribution is 0.0704. The standard InChI is InChI=1S/C18H16F2N6O/c1-10(16-22-13-4-2-3-5-15(13)26(16)18(19)20)9-21-17(27)11-6-7-12-14(8-11)24-25-23-12/h2-8,10,18H,9H2,1H3,(H,21,27)(H,23,24,25)/t10-/m1/s1. The lowest BCUT2D eigenvalue weighted by atomic mass is 10.1. The van der Waals surface area contributed by atoms with Crippen molar-refractivity contribution in [3.63, 3.8) is 0 Å². The Morgan fingerprint density at radius 3 is 2.74 bits per heavy atom. The van der Waals surface area contributed by atoms with Crippen LogP contribution in [0, 0.1) is 0 Å². The molecule has 1 amide bonds. The maximum absolute atomic E-state index is 13.6. The molecule has 1 atom stereocenters. The number of imidazole rings is 1. The highest BCUT2D eigenvalue weighted by Gasteiger charge is 2.22. The van der Waals surface area contributed by atoms with Crippen LogP contribution in [0.3, 0.4) is 0 Å². The third-order valence-electron chi connectivity index (χ3n) is 4.41. The second-order valence-corrected chi connectivity index (χ2v) is 6.24. The van der Waals surface area contributed by atoms with Gasteiger partial charge in [-0.25, -0.2) is 4.98 Å². The molecule has 0 unspecified atom stereocenters. The number of aromatic nitrogens is 5. The van der Waals surface area contributed by atoms with Gasteiger partial charge in [0, 0.05) is 18.0 Å². The summed E-state index contributed by atoms with van der Waals surface area (Å²) in [5, 5.41) is 13.1. The molecule has 0 aliphatic carbocycles. The van der Waals surface area contributed by atoms with E-state index >= 15 is 0 Å². The zero-order valence-corrected chi connectivity index (χ0v) is 14.4. The predicted octanol–water partition coefficient (Wildman–Crippen LogP) is 3.24. The highest BCUT2D eigenvalue weighted by Crippen LogP contribution is 2.27. The summed E-state index contributed by atoms with van der Waals surface area (Å²) in [5.74, 6) is -0.476. The topological polar surface area (TPSA) is 88.5 Å². The van der Waals surface area contributed by atoms with Crippen molar-refractivity contribution in [1.29, 1.82) is 0 Å². The molecule has 27 heavy (non-hydrogen) atoms. The number of carbonyl (C=O) groups excluding carboxylic acids is 1. The molecule has 0 aliphatic heterocycles. The number of nitrogens with zero attached hydrogens (tertiary/aromatic N) is 4. The van der Waals surface area contributed by atoms with Gasteiger partial charge in [0.2, 0.25) is 0 Å². The van der Waals surface area contributed by atoms with Crippen LogP contribution in [-0.2, 0) is 0 Å². The Bertz CT molecular complexity index is 1120. The molecule has 4 aromatic rings. The lowest BCUT2D eigenvalue weighted by Crippen LogP contribution is -2.28. The van der Waals surface area contributed by atoms with Crippen LogP contribution < -0.4 is 5.32 Å². The van der Waals surface area contributed by atoms with E-state index in [4.69, 9.17) is 0 Å². The van der Waals surface area contributed by atoms with E-state index in [9.17, 15) is 13.6 Å². The van der Waals surface area contributed by atoms with Gasteiger partial charge in [0.15, 0.2) is 0 Å². The Morgan fingerprint density at radius 1 is 1.15 bits per heavy atom. The van der Waals surface area contributed by atoms with Crippen LogP contribution in [0.4, 0.5) is 8.78 Å². The molecule has 0 fully saturated rings. The number of alkyl halides is 2. The van der Waals surface area contributed by atoms with E-state index in [1.807, 2.05) is 0 Å². The molecular weight excluding hydrogens is 354 g/mol. The van der Waals surface area contributed by atoms with E-state index in [0.717, 1.165) is 4.57 Å². The Hall–Kier alpha value is -3.36. The largest absolute Gasteiger partial charge is 0.351 e. The number of aromatic amines is 1. The van der Waals surface area contributed by atoms with Gasteiger partial charge in [-0.15, -0.1) is 0 Å². The second kappa shape index (κ2) is 6.75. The molecule has 9 heteroatoms. The van der Waals surface area contributed by atoms with Crippen LogP contribution in [0.15, 0.2) is 42.5 Å². The third kappa shape index (κ3) is 3.12. The minimum absolute atomic E-state index is 0.172. The van der Waals surface area contributed by atoms with Crippen LogP contribution in [-0.4, -0.2) is 37.4 Å². The molecule has 4 rings (SSSR count). The zero-order valence-electron chi connectivity index (χ0n) is 14.4. The highest BCUT2D eigenvalue weighted by molar-refractivity contribution is 5.97. The van der Waals surface area contributed by atoms with Crippen LogP contribution in [0.5, 0.6) is 0 Å². The van der Waals surface area contributed by atoms with Crippen LogP contribution in [0.1, 0.15) is 35.6 Å². The van der Waals surface area contributed by atoms with Crippen LogP contribution in [0.2, 0.25) is 0 Å². The first kappa shape index (κ1) is 17.1. The van der Waals surface area contributed by atoms with Crippen molar-refractivity contribution in [3.05, 3.63) is 53.9 Å². The lowest BCUT2D eigenvalue weighted by Gasteiger charge is -2.15. The summed E-state index contributed by atoms with van der Waals surface area (Å²) >= 11 is 0. The molecule has 0 saturated carbocycles. The first-order chi connectivity index (χ1) is 13.0. The minimum atomic E-state index is -2.71. The Labute approximate surface area is 152 Å². The fourth-order valence-corrected chi connectivity index (χ4v) is 3.04. The Morgan fingerprint density at radius 2 is 1.93 bits per heavy atom. The van der Waals surface area contributed by atoms with E-state index in [2.05, 4.69) is 25.7 Å². The first-order valence-electron chi connectivity index (χ1n) is 8.38. The number of nitrogens with one attached hydrogen (secondary N) is 2. The molecule has 0 saturated heterocycles. The average Bonchev–Trinajstić information content (AvgIpc) is 3.29. The van der Waals surface area contributed by atoms with E-state index in [1.165, 1.54) is 0 Å². The van der Waals surface area contributed by atoms with Gasteiger partial charge in [0.25, 0.3) is 5.91 Å². The number of hydrogen-bond acceptors (Lipinski definition) is 4. The molecule has 0 spiro atoms. The second-order valence-electron chi connectivity index (χ2n) is 6.24. The average molecular weight is 370 g/mol. The van der Waals surface area contributed by atoms with Crippen molar-refractivity contribution in [2.45, 2.75) is 19.4 Å². The number of H-pyrrole nitrogens is 1. The molecule has 2 N–H and O–H groups in total. The van der Waals surface area contributed by atoms with Crippen molar-refractivity contribution in [2.75, 3.05) is 6.54 Å². The number of hydrogen-bond donors (Lipinski definition) is 2.